The Hall–Kier alpha value is -3.52. The summed E-state index contributed by atoms with van der Waals surface area (Å²) in [6.07, 6.45) is 6.58. The molecule has 1 aromatic heterocycles. The van der Waals surface area contributed by atoms with E-state index >= 15 is 0 Å². The molecule has 35 heavy (non-hydrogen) atoms. The molecule has 5 rings (SSSR count). The monoisotopic (exact) mass is 461 g/mol. The molecule has 0 saturated heterocycles. The minimum Gasteiger partial charge on any atom is -0.287 e. The maximum atomic E-state index is 6.36. The standard InChI is InChI=1S/C33H35NO/c1-20-13-21(2)15-26(14-20)25-9-10-27-29-19-28(22(3)16-31(29)35-32(27)18-25)30-17-24(11-12-34(30)8)23(4)33(5,6)7/h9-19,23H,8H2,1-7H3. The molecule has 1 aliphatic rings. The molecule has 0 radical (unpaired) electrons. The van der Waals surface area contributed by atoms with Crippen molar-refractivity contribution in [3.63, 3.8) is 0 Å². The number of allylic oxidation sites excluding steroid dienone is 2. The second-order valence-corrected chi connectivity index (χ2v) is 11.3. The molecule has 0 saturated carbocycles. The zero-order chi connectivity index (χ0) is 25.1. The van der Waals surface area contributed by atoms with Gasteiger partial charge in [0.1, 0.15) is 12.2 Å². The van der Waals surface area contributed by atoms with Crippen molar-refractivity contribution in [3.8, 4) is 11.1 Å². The number of rotatable bonds is 3. The van der Waals surface area contributed by atoms with Crippen LogP contribution in [0.1, 0.15) is 49.9 Å². The fourth-order valence-electron chi connectivity index (χ4n) is 5.07. The van der Waals surface area contributed by atoms with E-state index in [1.165, 1.54) is 39.0 Å². The Morgan fingerprint density at radius 2 is 1.66 bits per heavy atom. The van der Waals surface area contributed by atoms with Gasteiger partial charge in [0.05, 0.1) is 6.72 Å². The first-order chi connectivity index (χ1) is 16.5. The van der Waals surface area contributed by atoms with Gasteiger partial charge >= 0.3 is 0 Å². The van der Waals surface area contributed by atoms with Crippen molar-refractivity contribution >= 4 is 28.7 Å². The molecule has 2 heterocycles. The van der Waals surface area contributed by atoms with Gasteiger partial charge in [0.15, 0.2) is 0 Å². The highest BCUT2D eigenvalue weighted by Crippen LogP contribution is 2.39. The van der Waals surface area contributed by atoms with Crippen molar-refractivity contribution in [2.45, 2.75) is 48.5 Å². The highest BCUT2D eigenvalue weighted by molar-refractivity contribution is 6.06. The van der Waals surface area contributed by atoms with Crippen molar-refractivity contribution in [1.82, 2.24) is 0 Å². The van der Waals surface area contributed by atoms with E-state index in [0.29, 0.717) is 5.92 Å². The third kappa shape index (κ3) is 4.23. The summed E-state index contributed by atoms with van der Waals surface area (Å²) in [5, 5.41) is 2.28. The van der Waals surface area contributed by atoms with E-state index in [4.69, 9.17) is 4.42 Å². The number of hydrogen-bond donors (Lipinski definition) is 0. The molecule has 4 aromatic rings. The van der Waals surface area contributed by atoms with Crippen LogP contribution < -0.4 is 0 Å². The number of fused-ring (bicyclic) bond motifs is 3. The van der Waals surface area contributed by atoms with Crippen molar-refractivity contribution in [1.29, 1.82) is 0 Å². The predicted octanol–water partition coefficient (Wildman–Crippen LogP) is 8.91. The Bertz CT molecular complexity index is 1520. The molecule has 1 atom stereocenters. The predicted molar refractivity (Wildman–Crippen MR) is 149 cm³/mol. The van der Waals surface area contributed by atoms with E-state index in [2.05, 4.69) is 122 Å². The Balaban J connectivity index is 1.61. The van der Waals surface area contributed by atoms with E-state index < -0.39 is 0 Å². The summed E-state index contributed by atoms with van der Waals surface area (Å²) in [6.45, 7) is 19.9. The molecule has 2 heteroatoms. The Morgan fingerprint density at radius 1 is 0.943 bits per heavy atom. The van der Waals surface area contributed by atoms with Gasteiger partial charge in [-0.15, -0.1) is 18.2 Å². The number of benzene rings is 3. The van der Waals surface area contributed by atoms with Gasteiger partial charge < -0.3 is 0 Å². The van der Waals surface area contributed by atoms with Crippen molar-refractivity contribution in [2.24, 2.45) is 11.3 Å². The van der Waals surface area contributed by atoms with E-state index in [1.54, 1.807) is 0 Å². The van der Waals surface area contributed by atoms with Gasteiger partial charge in [0.2, 0.25) is 0 Å². The molecule has 0 bridgehead atoms. The topological polar surface area (TPSA) is 14.3 Å². The molecule has 1 unspecified atom stereocenters. The largest absolute Gasteiger partial charge is 0.287 e. The van der Waals surface area contributed by atoms with Gasteiger partial charge in [-0.2, -0.15) is 0 Å². The SMILES string of the molecule is C=[N+]1C=CC(C(C)C(C)(C)C)=C[C-]1c1cc2c(cc1C)[o+][c-]1cc(-c3cc(C)cc(C)c3)ccc21. The van der Waals surface area contributed by atoms with Crippen LogP contribution in [0, 0.1) is 38.1 Å². The summed E-state index contributed by atoms with van der Waals surface area (Å²) in [6, 6.07) is 18.8. The molecule has 0 spiro atoms. The minimum absolute atomic E-state index is 0.192. The van der Waals surface area contributed by atoms with Crippen LogP contribution in [-0.2, 0) is 0 Å². The van der Waals surface area contributed by atoms with Crippen molar-refractivity contribution in [3.05, 3.63) is 101 Å². The number of hydrogen-bond acceptors (Lipinski definition) is 0. The molecule has 178 valence electrons. The lowest BCUT2D eigenvalue weighted by molar-refractivity contribution is -0.418. The first-order valence-electron chi connectivity index (χ1n) is 12.4. The van der Waals surface area contributed by atoms with Gasteiger partial charge in [0, 0.05) is 0 Å². The van der Waals surface area contributed by atoms with Gasteiger partial charge in [-0.3, -0.25) is 8.99 Å². The fraction of sp³-hybridized carbons (Fsp3) is 0.273. The normalized spacial score (nSPS) is 15.2. The zero-order valence-electron chi connectivity index (χ0n) is 22.0. The Kier molecular flexibility index (Phi) is 5.51. The molecular formula is C33H35NO. The second-order valence-electron chi connectivity index (χ2n) is 11.3. The summed E-state index contributed by atoms with van der Waals surface area (Å²) in [5.41, 5.74) is 10.7. The van der Waals surface area contributed by atoms with Crippen LogP contribution in [0.25, 0.3) is 33.1 Å². The number of nitrogens with zero attached hydrogens (tertiary/aromatic N) is 1. The van der Waals surface area contributed by atoms with Crippen LogP contribution in [0.3, 0.4) is 0 Å². The fourth-order valence-corrected chi connectivity index (χ4v) is 5.07. The number of aryl methyl sites for hydroxylation is 3. The summed E-state index contributed by atoms with van der Waals surface area (Å²) >= 11 is 0. The third-order valence-corrected chi connectivity index (χ3v) is 7.51. The zero-order valence-corrected chi connectivity index (χ0v) is 22.0. The van der Waals surface area contributed by atoms with E-state index in [-0.39, 0.29) is 5.41 Å². The van der Waals surface area contributed by atoms with Crippen LogP contribution in [0.5, 0.6) is 0 Å². The van der Waals surface area contributed by atoms with Gasteiger partial charge in [-0.1, -0.05) is 92.3 Å². The first kappa shape index (κ1) is 23.2. The summed E-state index contributed by atoms with van der Waals surface area (Å²) in [7, 11) is 0. The summed E-state index contributed by atoms with van der Waals surface area (Å²) in [4.78, 5) is 0. The van der Waals surface area contributed by atoms with Crippen LogP contribution in [0.2, 0.25) is 0 Å². The van der Waals surface area contributed by atoms with E-state index in [9.17, 15) is 0 Å². The molecule has 3 aromatic carbocycles. The second kappa shape index (κ2) is 8.30. The molecule has 0 amide bonds. The maximum absolute atomic E-state index is 6.36. The quantitative estimate of drug-likeness (QED) is 0.169. The summed E-state index contributed by atoms with van der Waals surface area (Å²) < 4.78 is 8.34. The third-order valence-electron chi connectivity index (χ3n) is 7.51. The van der Waals surface area contributed by atoms with E-state index in [0.717, 1.165) is 28.0 Å². The lowest BCUT2D eigenvalue weighted by Gasteiger charge is -2.32. The summed E-state index contributed by atoms with van der Waals surface area (Å²) in [5.74, 6) is 0.435. The van der Waals surface area contributed by atoms with E-state index in [1.807, 2.05) is 4.58 Å². The Labute approximate surface area is 209 Å². The van der Waals surface area contributed by atoms with Gasteiger partial charge in [0.25, 0.3) is 11.2 Å². The van der Waals surface area contributed by atoms with Gasteiger partial charge in [-0.05, 0) is 59.7 Å². The molecule has 2 nitrogen and oxygen atoms in total. The van der Waals surface area contributed by atoms with Crippen LogP contribution >= 0.6 is 0 Å². The average Bonchev–Trinajstić information content (AvgIpc) is 3.13. The first-order valence-corrected chi connectivity index (χ1v) is 12.4. The lowest BCUT2D eigenvalue weighted by atomic mass is 9.76. The molecular weight excluding hydrogens is 426 g/mol. The highest BCUT2D eigenvalue weighted by atomic mass is 16.3. The molecule has 0 N–H and O–H groups in total. The highest BCUT2D eigenvalue weighted by Gasteiger charge is 2.26. The molecule has 1 aliphatic heterocycles. The van der Waals surface area contributed by atoms with Crippen LogP contribution in [0.15, 0.2) is 76.9 Å². The molecule has 0 aliphatic carbocycles. The molecule has 0 fully saturated rings. The average molecular weight is 462 g/mol. The number of furan rings is 1. The van der Waals surface area contributed by atoms with Gasteiger partial charge in [-0.25, -0.2) is 0 Å². The maximum Gasteiger partial charge on any atom is 0.278 e. The van der Waals surface area contributed by atoms with Crippen molar-refractivity contribution < 1.29 is 8.99 Å². The minimum atomic E-state index is 0.192. The van der Waals surface area contributed by atoms with Crippen molar-refractivity contribution in [2.75, 3.05) is 0 Å². The van der Waals surface area contributed by atoms with Crippen LogP contribution in [0.4, 0.5) is 0 Å². The smallest absolute Gasteiger partial charge is 0.278 e. The lowest BCUT2D eigenvalue weighted by Crippen LogP contribution is -2.23. The Morgan fingerprint density at radius 3 is 2.34 bits per heavy atom. The van der Waals surface area contributed by atoms with Crippen LogP contribution in [-0.4, -0.2) is 11.3 Å².